The molecule has 0 spiro atoms. The van der Waals surface area contributed by atoms with Gasteiger partial charge < -0.3 is 10.6 Å². The number of pyridine rings is 1. The fourth-order valence-corrected chi connectivity index (χ4v) is 3.72. The Labute approximate surface area is 167 Å². The Hall–Kier alpha value is -3.32. The van der Waals surface area contributed by atoms with Crippen molar-refractivity contribution in [3.05, 3.63) is 66.9 Å². The molecule has 1 saturated heterocycles. The van der Waals surface area contributed by atoms with E-state index in [2.05, 4.69) is 25.6 Å². The van der Waals surface area contributed by atoms with Gasteiger partial charge in [0.05, 0.1) is 18.1 Å². The average Bonchev–Trinajstić information content (AvgIpc) is 3.19. The van der Waals surface area contributed by atoms with Gasteiger partial charge in [0, 0.05) is 12.2 Å². The highest BCUT2D eigenvalue weighted by molar-refractivity contribution is 5.68. The Morgan fingerprint density at radius 3 is 2.62 bits per heavy atom. The molecule has 0 unspecified atom stereocenters. The van der Waals surface area contributed by atoms with E-state index in [1.807, 2.05) is 53.1 Å². The minimum Gasteiger partial charge on any atom is -0.351 e. The third-order valence-corrected chi connectivity index (χ3v) is 5.27. The Bertz CT molecular complexity index is 1130. The third kappa shape index (κ3) is 3.56. The van der Waals surface area contributed by atoms with Gasteiger partial charge in [0.15, 0.2) is 5.82 Å². The second-order valence-electron chi connectivity index (χ2n) is 7.21. The van der Waals surface area contributed by atoms with Gasteiger partial charge in [0.25, 0.3) is 0 Å². The number of aromatic nitrogens is 4. The van der Waals surface area contributed by atoms with Crippen LogP contribution >= 0.6 is 0 Å². The van der Waals surface area contributed by atoms with Crippen LogP contribution in [0.2, 0.25) is 0 Å². The first kappa shape index (κ1) is 17.8. The van der Waals surface area contributed by atoms with Crippen LogP contribution in [0, 0.1) is 5.82 Å². The van der Waals surface area contributed by atoms with Crippen molar-refractivity contribution in [2.75, 3.05) is 18.4 Å². The molecule has 7 heteroatoms. The summed E-state index contributed by atoms with van der Waals surface area (Å²) >= 11 is 0. The molecule has 6 nitrogen and oxygen atoms in total. The summed E-state index contributed by atoms with van der Waals surface area (Å²) in [4.78, 5) is 13.0. The van der Waals surface area contributed by atoms with Crippen molar-refractivity contribution < 1.29 is 4.39 Å². The summed E-state index contributed by atoms with van der Waals surface area (Å²) in [5.74, 6) is -0.0183. The molecule has 4 heterocycles. The zero-order valence-corrected chi connectivity index (χ0v) is 15.8. The number of benzene rings is 1. The summed E-state index contributed by atoms with van der Waals surface area (Å²) in [5.41, 5.74) is 3.70. The number of hydrogen-bond acceptors (Lipinski definition) is 5. The van der Waals surface area contributed by atoms with E-state index in [4.69, 9.17) is 0 Å². The number of piperidine rings is 1. The molecule has 1 aromatic carbocycles. The number of fused-ring (bicyclic) bond motifs is 1. The lowest BCUT2D eigenvalue weighted by atomic mass is 10.1. The van der Waals surface area contributed by atoms with E-state index in [0.717, 1.165) is 42.7 Å². The third-order valence-electron chi connectivity index (χ3n) is 5.27. The van der Waals surface area contributed by atoms with Gasteiger partial charge in [-0.05, 0) is 49.2 Å². The van der Waals surface area contributed by atoms with E-state index in [1.54, 1.807) is 6.20 Å². The van der Waals surface area contributed by atoms with Crippen LogP contribution in [-0.2, 0) is 0 Å². The van der Waals surface area contributed by atoms with Crippen LogP contribution < -0.4 is 10.6 Å². The zero-order chi connectivity index (χ0) is 19.6. The standard InChI is InChI=1S/C22H21FN6/c23-18-12-26-22(27-17-8-10-24-11-9-17)28-21(18)19-13-25-20-7-6-16(14-29(19)20)15-4-2-1-3-5-15/h1-7,12-14,17,24H,8-11H2,(H,26,27,28). The second-order valence-corrected chi connectivity index (χ2v) is 7.21. The number of halogens is 1. The van der Waals surface area contributed by atoms with E-state index < -0.39 is 5.82 Å². The summed E-state index contributed by atoms with van der Waals surface area (Å²) in [6, 6.07) is 14.3. The first-order chi connectivity index (χ1) is 14.3. The lowest BCUT2D eigenvalue weighted by Gasteiger charge is -2.23. The average molecular weight is 388 g/mol. The molecule has 1 aliphatic heterocycles. The first-order valence-corrected chi connectivity index (χ1v) is 9.80. The van der Waals surface area contributed by atoms with Gasteiger partial charge in [-0.15, -0.1) is 0 Å². The molecule has 0 aliphatic carbocycles. The molecule has 1 fully saturated rings. The van der Waals surface area contributed by atoms with E-state index >= 15 is 0 Å². The van der Waals surface area contributed by atoms with Crippen molar-refractivity contribution in [2.45, 2.75) is 18.9 Å². The molecule has 0 saturated carbocycles. The fourth-order valence-electron chi connectivity index (χ4n) is 3.72. The van der Waals surface area contributed by atoms with Gasteiger partial charge in [-0.3, -0.25) is 4.40 Å². The van der Waals surface area contributed by atoms with Crippen molar-refractivity contribution in [1.82, 2.24) is 24.7 Å². The topological polar surface area (TPSA) is 67.1 Å². The predicted octanol–water partition coefficient (Wildman–Crippen LogP) is 3.76. The van der Waals surface area contributed by atoms with Gasteiger partial charge >= 0.3 is 0 Å². The Morgan fingerprint density at radius 1 is 0.966 bits per heavy atom. The first-order valence-electron chi connectivity index (χ1n) is 9.80. The summed E-state index contributed by atoms with van der Waals surface area (Å²) < 4.78 is 16.5. The lowest BCUT2D eigenvalue weighted by Crippen LogP contribution is -2.35. The maximum atomic E-state index is 14.7. The minimum atomic E-state index is -0.465. The summed E-state index contributed by atoms with van der Waals surface area (Å²) in [7, 11) is 0. The van der Waals surface area contributed by atoms with E-state index in [0.29, 0.717) is 17.7 Å². The molecule has 146 valence electrons. The van der Waals surface area contributed by atoms with Crippen molar-refractivity contribution in [2.24, 2.45) is 0 Å². The van der Waals surface area contributed by atoms with E-state index in [9.17, 15) is 4.39 Å². The maximum Gasteiger partial charge on any atom is 0.223 e. The molecule has 0 bridgehead atoms. The quantitative estimate of drug-likeness (QED) is 0.557. The molecule has 5 rings (SSSR count). The van der Waals surface area contributed by atoms with Crippen LogP contribution in [0.5, 0.6) is 0 Å². The van der Waals surface area contributed by atoms with Gasteiger partial charge in [-0.2, -0.15) is 0 Å². The Kier molecular flexibility index (Phi) is 4.65. The largest absolute Gasteiger partial charge is 0.351 e. The van der Waals surface area contributed by atoms with Gasteiger partial charge in [-0.1, -0.05) is 30.3 Å². The smallest absolute Gasteiger partial charge is 0.223 e. The van der Waals surface area contributed by atoms with Crippen LogP contribution in [0.4, 0.5) is 10.3 Å². The number of nitrogens with one attached hydrogen (secondary N) is 2. The summed E-state index contributed by atoms with van der Waals surface area (Å²) in [6.45, 7) is 1.92. The molecule has 29 heavy (non-hydrogen) atoms. The maximum absolute atomic E-state index is 14.7. The molecular weight excluding hydrogens is 367 g/mol. The van der Waals surface area contributed by atoms with Crippen molar-refractivity contribution in [3.63, 3.8) is 0 Å². The number of imidazole rings is 1. The Balaban J connectivity index is 1.53. The number of hydrogen-bond donors (Lipinski definition) is 2. The molecule has 0 radical (unpaired) electrons. The number of anilines is 1. The number of rotatable bonds is 4. The van der Waals surface area contributed by atoms with Gasteiger partial charge in [-0.25, -0.2) is 19.3 Å². The van der Waals surface area contributed by atoms with Crippen LogP contribution in [0.25, 0.3) is 28.2 Å². The van der Waals surface area contributed by atoms with Crippen LogP contribution in [-0.4, -0.2) is 38.5 Å². The van der Waals surface area contributed by atoms with Crippen LogP contribution in [0.15, 0.2) is 61.1 Å². The minimum absolute atomic E-state index is 0.245. The highest BCUT2D eigenvalue weighted by Crippen LogP contribution is 2.26. The Morgan fingerprint density at radius 2 is 1.79 bits per heavy atom. The van der Waals surface area contributed by atoms with Crippen LogP contribution in [0.1, 0.15) is 12.8 Å². The predicted molar refractivity (Wildman–Crippen MR) is 111 cm³/mol. The monoisotopic (exact) mass is 388 g/mol. The van der Waals surface area contributed by atoms with Gasteiger partial charge in [0.2, 0.25) is 5.95 Å². The normalized spacial score (nSPS) is 14.9. The molecule has 3 aromatic heterocycles. The molecule has 2 N–H and O–H groups in total. The van der Waals surface area contributed by atoms with E-state index in [1.165, 1.54) is 6.20 Å². The SMILES string of the molecule is Fc1cnc(NC2CCNCC2)nc1-c1cnc2ccc(-c3ccccc3)cn12. The fraction of sp³-hybridized carbons (Fsp3) is 0.227. The van der Waals surface area contributed by atoms with Crippen molar-refractivity contribution >= 4 is 11.6 Å². The second kappa shape index (κ2) is 7.60. The van der Waals surface area contributed by atoms with Gasteiger partial charge in [0.1, 0.15) is 11.3 Å². The summed E-state index contributed by atoms with van der Waals surface area (Å²) in [6.07, 6.45) is 6.84. The number of nitrogens with zero attached hydrogens (tertiary/aromatic N) is 4. The van der Waals surface area contributed by atoms with Crippen LogP contribution in [0.3, 0.4) is 0 Å². The molecule has 0 amide bonds. The van der Waals surface area contributed by atoms with E-state index in [-0.39, 0.29) is 5.69 Å². The molecule has 1 aliphatic rings. The lowest BCUT2D eigenvalue weighted by molar-refractivity contribution is 0.477. The summed E-state index contributed by atoms with van der Waals surface area (Å²) in [5, 5.41) is 6.67. The highest BCUT2D eigenvalue weighted by Gasteiger charge is 2.18. The molecule has 0 atom stereocenters. The van der Waals surface area contributed by atoms with Crippen molar-refractivity contribution in [3.8, 4) is 22.5 Å². The molecular formula is C22H21FN6. The van der Waals surface area contributed by atoms with Crippen molar-refractivity contribution in [1.29, 1.82) is 0 Å². The highest BCUT2D eigenvalue weighted by atomic mass is 19.1. The molecule has 4 aromatic rings. The zero-order valence-electron chi connectivity index (χ0n) is 15.8.